The van der Waals surface area contributed by atoms with Gasteiger partial charge in [-0.25, -0.2) is 4.39 Å². The fourth-order valence-corrected chi connectivity index (χ4v) is 3.43. The van der Waals surface area contributed by atoms with E-state index in [2.05, 4.69) is 25.2 Å². The van der Waals surface area contributed by atoms with E-state index in [9.17, 15) is 4.39 Å². The maximum atomic E-state index is 14.3. The molecule has 2 atom stereocenters. The van der Waals surface area contributed by atoms with E-state index >= 15 is 0 Å². The van der Waals surface area contributed by atoms with Crippen molar-refractivity contribution in [2.75, 3.05) is 6.54 Å². The van der Waals surface area contributed by atoms with Crippen LogP contribution in [0, 0.1) is 19.7 Å². The Hall–Kier alpha value is -0.890. The van der Waals surface area contributed by atoms with Gasteiger partial charge in [0.05, 0.1) is 0 Å². The lowest BCUT2D eigenvalue weighted by Gasteiger charge is -2.31. The predicted octanol–water partition coefficient (Wildman–Crippen LogP) is 4.47. The molecule has 2 heteroatoms. The van der Waals surface area contributed by atoms with Crippen LogP contribution in [0.4, 0.5) is 4.39 Å². The van der Waals surface area contributed by atoms with Gasteiger partial charge in [0.1, 0.15) is 5.82 Å². The molecule has 1 aliphatic carbocycles. The van der Waals surface area contributed by atoms with Crippen molar-refractivity contribution in [2.45, 2.75) is 64.8 Å². The Balaban J connectivity index is 2.13. The highest BCUT2D eigenvalue weighted by molar-refractivity contribution is 5.35. The molecule has 0 spiro atoms. The Morgan fingerprint density at radius 3 is 2.74 bits per heavy atom. The second-order valence-corrected chi connectivity index (χ2v) is 5.99. The van der Waals surface area contributed by atoms with Crippen molar-refractivity contribution in [3.8, 4) is 0 Å². The molecule has 0 radical (unpaired) electrons. The van der Waals surface area contributed by atoms with Gasteiger partial charge in [0, 0.05) is 6.04 Å². The van der Waals surface area contributed by atoms with Gasteiger partial charge in [0.25, 0.3) is 0 Å². The van der Waals surface area contributed by atoms with Crippen molar-refractivity contribution in [3.05, 3.63) is 34.6 Å². The quantitative estimate of drug-likeness (QED) is 0.845. The van der Waals surface area contributed by atoms with Crippen LogP contribution in [-0.4, -0.2) is 12.6 Å². The highest BCUT2D eigenvalue weighted by Crippen LogP contribution is 2.36. The maximum absolute atomic E-state index is 14.3. The van der Waals surface area contributed by atoms with Crippen LogP contribution >= 0.6 is 0 Å². The molecule has 1 saturated carbocycles. The molecule has 0 amide bonds. The standard InChI is InChI=1S/C17H26FN/c1-4-8-19-15-7-5-6-14(11-15)17-13(3)9-12(2)10-16(17)18/h9-10,14-15,19H,4-8,11H2,1-3H3. The van der Waals surface area contributed by atoms with Crippen LogP contribution in [-0.2, 0) is 0 Å². The summed E-state index contributed by atoms with van der Waals surface area (Å²) in [5.41, 5.74) is 3.11. The highest BCUT2D eigenvalue weighted by Gasteiger charge is 2.26. The Bertz CT molecular complexity index is 404. The average molecular weight is 263 g/mol. The topological polar surface area (TPSA) is 12.0 Å². The first kappa shape index (κ1) is 14.5. The molecule has 106 valence electrons. The fraction of sp³-hybridized carbons (Fsp3) is 0.647. The minimum absolute atomic E-state index is 0.00126. The van der Waals surface area contributed by atoms with Crippen molar-refractivity contribution in [2.24, 2.45) is 0 Å². The molecule has 0 heterocycles. The van der Waals surface area contributed by atoms with E-state index in [1.807, 2.05) is 6.92 Å². The number of hydrogen-bond donors (Lipinski definition) is 1. The lowest BCUT2D eigenvalue weighted by Crippen LogP contribution is -2.34. The summed E-state index contributed by atoms with van der Waals surface area (Å²) in [7, 11) is 0. The third-order valence-electron chi connectivity index (χ3n) is 4.25. The Morgan fingerprint density at radius 2 is 2.05 bits per heavy atom. The Morgan fingerprint density at radius 1 is 1.26 bits per heavy atom. The number of halogens is 1. The van der Waals surface area contributed by atoms with Crippen LogP contribution in [0.3, 0.4) is 0 Å². The van der Waals surface area contributed by atoms with Crippen molar-refractivity contribution >= 4 is 0 Å². The molecule has 19 heavy (non-hydrogen) atoms. The van der Waals surface area contributed by atoms with Crippen molar-refractivity contribution in [1.82, 2.24) is 5.32 Å². The van der Waals surface area contributed by atoms with Gasteiger partial charge in [-0.15, -0.1) is 0 Å². The summed E-state index contributed by atoms with van der Waals surface area (Å²) in [6.07, 6.45) is 5.83. The molecular formula is C17H26FN. The van der Waals surface area contributed by atoms with E-state index in [4.69, 9.17) is 0 Å². The average Bonchev–Trinajstić information content (AvgIpc) is 2.35. The van der Waals surface area contributed by atoms with Gasteiger partial charge in [-0.3, -0.25) is 0 Å². The normalized spacial score (nSPS) is 23.6. The predicted molar refractivity (Wildman–Crippen MR) is 79.2 cm³/mol. The lowest BCUT2D eigenvalue weighted by molar-refractivity contribution is 0.334. The smallest absolute Gasteiger partial charge is 0.127 e. The van der Waals surface area contributed by atoms with Crippen molar-refractivity contribution in [3.63, 3.8) is 0 Å². The first-order valence-corrected chi connectivity index (χ1v) is 7.61. The van der Waals surface area contributed by atoms with E-state index in [-0.39, 0.29) is 5.82 Å². The second-order valence-electron chi connectivity index (χ2n) is 5.99. The molecule has 1 aliphatic rings. The first-order valence-electron chi connectivity index (χ1n) is 7.61. The SMILES string of the molecule is CCCNC1CCCC(c2c(C)cc(C)cc2F)C1. The molecule has 1 aromatic carbocycles. The summed E-state index contributed by atoms with van der Waals surface area (Å²) in [6.45, 7) is 7.28. The van der Waals surface area contributed by atoms with Gasteiger partial charge in [-0.1, -0.05) is 19.4 Å². The monoisotopic (exact) mass is 263 g/mol. The van der Waals surface area contributed by atoms with Crippen LogP contribution < -0.4 is 5.32 Å². The zero-order chi connectivity index (χ0) is 13.8. The fourth-order valence-electron chi connectivity index (χ4n) is 3.43. The van der Waals surface area contributed by atoms with Gasteiger partial charge in [0.15, 0.2) is 0 Å². The van der Waals surface area contributed by atoms with Crippen molar-refractivity contribution in [1.29, 1.82) is 0 Å². The summed E-state index contributed by atoms with van der Waals surface area (Å²) in [5, 5.41) is 3.60. The zero-order valence-electron chi connectivity index (χ0n) is 12.4. The zero-order valence-corrected chi connectivity index (χ0v) is 12.4. The van der Waals surface area contributed by atoms with E-state index < -0.39 is 0 Å². The molecule has 2 rings (SSSR count). The van der Waals surface area contributed by atoms with Gasteiger partial charge in [0.2, 0.25) is 0 Å². The summed E-state index contributed by atoms with van der Waals surface area (Å²) < 4.78 is 14.3. The van der Waals surface area contributed by atoms with Crippen LogP contribution in [0.2, 0.25) is 0 Å². The molecule has 1 aromatic rings. The molecule has 2 unspecified atom stereocenters. The number of nitrogens with one attached hydrogen (secondary N) is 1. The van der Waals surface area contributed by atoms with E-state index in [1.54, 1.807) is 6.07 Å². The van der Waals surface area contributed by atoms with Crippen LogP contribution in [0.1, 0.15) is 61.6 Å². The third-order valence-corrected chi connectivity index (χ3v) is 4.25. The number of aryl methyl sites for hydroxylation is 2. The summed E-state index contributed by atoms with van der Waals surface area (Å²) in [5.74, 6) is 0.391. The number of rotatable bonds is 4. The Kier molecular flexibility index (Phi) is 4.98. The van der Waals surface area contributed by atoms with E-state index in [0.29, 0.717) is 12.0 Å². The molecule has 0 aliphatic heterocycles. The lowest BCUT2D eigenvalue weighted by atomic mass is 9.79. The Labute approximate surface area is 116 Å². The molecule has 1 nitrogen and oxygen atoms in total. The molecular weight excluding hydrogens is 237 g/mol. The number of hydrogen-bond acceptors (Lipinski definition) is 1. The summed E-state index contributed by atoms with van der Waals surface area (Å²) in [6, 6.07) is 4.37. The van der Waals surface area contributed by atoms with E-state index in [0.717, 1.165) is 36.1 Å². The minimum Gasteiger partial charge on any atom is -0.314 e. The van der Waals surface area contributed by atoms with Gasteiger partial charge < -0.3 is 5.32 Å². The third kappa shape index (κ3) is 3.56. The molecule has 0 aromatic heterocycles. The largest absolute Gasteiger partial charge is 0.314 e. The first-order chi connectivity index (χ1) is 9.11. The van der Waals surface area contributed by atoms with Gasteiger partial charge >= 0.3 is 0 Å². The van der Waals surface area contributed by atoms with Crippen LogP contribution in [0.25, 0.3) is 0 Å². The van der Waals surface area contributed by atoms with Crippen molar-refractivity contribution < 1.29 is 4.39 Å². The summed E-state index contributed by atoms with van der Waals surface area (Å²) >= 11 is 0. The number of benzene rings is 1. The molecule has 0 bridgehead atoms. The highest BCUT2D eigenvalue weighted by atomic mass is 19.1. The van der Waals surface area contributed by atoms with E-state index in [1.165, 1.54) is 19.3 Å². The van der Waals surface area contributed by atoms with Gasteiger partial charge in [-0.05, 0) is 74.8 Å². The van der Waals surface area contributed by atoms with Crippen LogP contribution in [0.5, 0.6) is 0 Å². The minimum atomic E-state index is -0.00126. The molecule has 1 N–H and O–H groups in total. The molecule has 1 fully saturated rings. The van der Waals surface area contributed by atoms with Crippen LogP contribution in [0.15, 0.2) is 12.1 Å². The van der Waals surface area contributed by atoms with Gasteiger partial charge in [-0.2, -0.15) is 0 Å². The summed E-state index contributed by atoms with van der Waals surface area (Å²) in [4.78, 5) is 0. The second kappa shape index (κ2) is 6.51. The maximum Gasteiger partial charge on any atom is 0.127 e. The molecule has 0 saturated heterocycles.